The second-order valence-corrected chi connectivity index (χ2v) is 6.99. The first-order chi connectivity index (χ1) is 6.94. The first-order valence-corrected chi connectivity index (χ1v) is 7.40. The highest BCUT2D eigenvalue weighted by atomic mass is 32.2. The highest BCUT2D eigenvalue weighted by Crippen LogP contribution is 2.17. The fourth-order valence-corrected chi connectivity index (χ4v) is 3.80. The van der Waals surface area contributed by atoms with E-state index in [2.05, 4.69) is 19.2 Å². The monoisotopic (exact) mass is 234 g/mol. The van der Waals surface area contributed by atoms with Crippen LogP contribution in [0.25, 0.3) is 0 Å². The molecule has 5 heteroatoms. The van der Waals surface area contributed by atoms with Gasteiger partial charge in [-0.3, -0.25) is 0 Å². The van der Waals surface area contributed by atoms with Crippen LogP contribution in [0, 0.1) is 11.8 Å². The van der Waals surface area contributed by atoms with E-state index in [0.29, 0.717) is 30.0 Å². The van der Waals surface area contributed by atoms with Crippen LogP contribution < -0.4 is 11.1 Å². The van der Waals surface area contributed by atoms with E-state index < -0.39 is 9.84 Å². The maximum absolute atomic E-state index is 11.2. The zero-order valence-corrected chi connectivity index (χ0v) is 10.4. The summed E-state index contributed by atoms with van der Waals surface area (Å²) in [4.78, 5) is 0. The number of hydrogen-bond acceptors (Lipinski definition) is 4. The summed E-state index contributed by atoms with van der Waals surface area (Å²) >= 11 is 0. The van der Waals surface area contributed by atoms with Crippen molar-refractivity contribution in [2.45, 2.75) is 26.3 Å². The lowest BCUT2D eigenvalue weighted by molar-refractivity contribution is 0.378. The molecule has 1 heterocycles. The molecule has 0 aromatic heterocycles. The predicted octanol–water partition coefficient (Wildman–Crippen LogP) is -0.00600. The van der Waals surface area contributed by atoms with Crippen LogP contribution in [0.1, 0.15) is 20.3 Å². The Morgan fingerprint density at radius 1 is 1.47 bits per heavy atom. The standard InChI is InChI=1S/C10H22N2O2S/c1-8(2)10(5-11)12-6-9-3-4-15(13,14)7-9/h8-10,12H,3-7,11H2,1-2H3. The zero-order chi connectivity index (χ0) is 11.5. The third-order valence-electron chi connectivity index (χ3n) is 3.05. The van der Waals surface area contributed by atoms with Gasteiger partial charge in [-0.2, -0.15) is 0 Å². The van der Waals surface area contributed by atoms with Gasteiger partial charge in [0.25, 0.3) is 0 Å². The quantitative estimate of drug-likeness (QED) is 0.702. The molecule has 0 radical (unpaired) electrons. The van der Waals surface area contributed by atoms with Crippen LogP contribution >= 0.6 is 0 Å². The number of hydrogen-bond donors (Lipinski definition) is 2. The van der Waals surface area contributed by atoms with E-state index >= 15 is 0 Å². The lowest BCUT2D eigenvalue weighted by Crippen LogP contribution is -2.42. The number of rotatable bonds is 5. The molecule has 0 bridgehead atoms. The number of sulfone groups is 1. The molecule has 0 aromatic rings. The summed E-state index contributed by atoms with van der Waals surface area (Å²) in [7, 11) is -2.74. The van der Waals surface area contributed by atoms with Crippen molar-refractivity contribution in [1.82, 2.24) is 5.32 Å². The third-order valence-corrected chi connectivity index (χ3v) is 4.89. The Bertz CT molecular complexity index is 288. The highest BCUT2D eigenvalue weighted by molar-refractivity contribution is 7.91. The summed E-state index contributed by atoms with van der Waals surface area (Å²) in [6.07, 6.45) is 0.796. The van der Waals surface area contributed by atoms with Gasteiger partial charge in [0.1, 0.15) is 0 Å². The van der Waals surface area contributed by atoms with Crippen molar-refractivity contribution < 1.29 is 8.42 Å². The Balaban J connectivity index is 2.32. The van der Waals surface area contributed by atoms with Gasteiger partial charge < -0.3 is 11.1 Å². The van der Waals surface area contributed by atoms with E-state index in [0.717, 1.165) is 13.0 Å². The number of nitrogens with one attached hydrogen (secondary N) is 1. The lowest BCUT2D eigenvalue weighted by atomic mass is 10.0. The van der Waals surface area contributed by atoms with Crippen LogP contribution in [0.3, 0.4) is 0 Å². The molecule has 2 atom stereocenters. The fourth-order valence-electron chi connectivity index (χ4n) is 1.94. The zero-order valence-electron chi connectivity index (χ0n) is 9.57. The summed E-state index contributed by atoms with van der Waals surface area (Å²) in [6.45, 7) is 5.63. The molecular formula is C10H22N2O2S. The minimum atomic E-state index is -2.74. The van der Waals surface area contributed by atoms with E-state index in [1.54, 1.807) is 0 Å². The maximum Gasteiger partial charge on any atom is 0.150 e. The molecule has 1 aliphatic rings. The molecule has 0 aliphatic carbocycles. The molecule has 0 spiro atoms. The summed E-state index contributed by atoms with van der Waals surface area (Å²) in [6, 6.07) is 0.299. The SMILES string of the molecule is CC(C)C(CN)NCC1CCS(=O)(=O)C1. The molecule has 1 fully saturated rings. The Hall–Kier alpha value is -0.130. The van der Waals surface area contributed by atoms with Gasteiger partial charge in [0.15, 0.2) is 9.84 Å². The van der Waals surface area contributed by atoms with Gasteiger partial charge >= 0.3 is 0 Å². The fraction of sp³-hybridized carbons (Fsp3) is 1.00. The smallest absolute Gasteiger partial charge is 0.150 e. The minimum absolute atomic E-state index is 0.280. The summed E-state index contributed by atoms with van der Waals surface area (Å²) in [5, 5.41) is 3.36. The largest absolute Gasteiger partial charge is 0.329 e. The summed E-state index contributed by atoms with van der Waals surface area (Å²) in [5.41, 5.74) is 5.63. The maximum atomic E-state index is 11.2. The first-order valence-electron chi connectivity index (χ1n) is 5.58. The third kappa shape index (κ3) is 4.09. The molecule has 0 aromatic carbocycles. The van der Waals surface area contributed by atoms with E-state index in [9.17, 15) is 8.42 Å². The molecule has 1 aliphatic heterocycles. The van der Waals surface area contributed by atoms with E-state index in [1.807, 2.05) is 0 Å². The number of nitrogens with two attached hydrogens (primary N) is 1. The van der Waals surface area contributed by atoms with Crippen LogP contribution in [-0.4, -0.2) is 39.1 Å². The Morgan fingerprint density at radius 2 is 2.13 bits per heavy atom. The second-order valence-electron chi connectivity index (χ2n) is 4.76. The van der Waals surface area contributed by atoms with Gasteiger partial charge in [-0.1, -0.05) is 13.8 Å². The van der Waals surface area contributed by atoms with Crippen LogP contribution in [0.15, 0.2) is 0 Å². The Labute approximate surface area is 92.5 Å². The topological polar surface area (TPSA) is 72.2 Å². The van der Waals surface area contributed by atoms with Crippen molar-refractivity contribution in [2.75, 3.05) is 24.6 Å². The van der Waals surface area contributed by atoms with Gasteiger partial charge in [0.2, 0.25) is 0 Å². The van der Waals surface area contributed by atoms with Crippen LogP contribution in [0.4, 0.5) is 0 Å². The van der Waals surface area contributed by atoms with Gasteiger partial charge in [-0.15, -0.1) is 0 Å². The average molecular weight is 234 g/mol. The van der Waals surface area contributed by atoms with Gasteiger partial charge in [0, 0.05) is 12.6 Å². The molecular weight excluding hydrogens is 212 g/mol. The Kier molecular flexibility index (Phi) is 4.55. The second kappa shape index (κ2) is 5.27. The molecule has 0 saturated carbocycles. The van der Waals surface area contributed by atoms with Crippen LogP contribution in [-0.2, 0) is 9.84 Å². The van der Waals surface area contributed by atoms with Crippen molar-refractivity contribution in [3.63, 3.8) is 0 Å². The van der Waals surface area contributed by atoms with E-state index in [1.165, 1.54) is 0 Å². The molecule has 2 unspecified atom stereocenters. The molecule has 3 N–H and O–H groups in total. The highest BCUT2D eigenvalue weighted by Gasteiger charge is 2.28. The molecule has 0 amide bonds. The average Bonchev–Trinajstić information content (AvgIpc) is 2.46. The van der Waals surface area contributed by atoms with Crippen molar-refractivity contribution in [2.24, 2.45) is 17.6 Å². The van der Waals surface area contributed by atoms with Crippen molar-refractivity contribution in [3.05, 3.63) is 0 Å². The van der Waals surface area contributed by atoms with Crippen molar-refractivity contribution >= 4 is 9.84 Å². The van der Waals surface area contributed by atoms with E-state index in [4.69, 9.17) is 5.73 Å². The molecule has 4 nitrogen and oxygen atoms in total. The van der Waals surface area contributed by atoms with Crippen molar-refractivity contribution in [1.29, 1.82) is 0 Å². The van der Waals surface area contributed by atoms with Crippen LogP contribution in [0.5, 0.6) is 0 Å². The lowest BCUT2D eigenvalue weighted by Gasteiger charge is -2.22. The predicted molar refractivity (Wildman–Crippen MR) is 62.4 cm³/mol. The molecule has 1 rings (SSSR count). The normalized spacial score (nSPS) is 27.1. The van der Waals surface area contributed by atoms with Gasteiger partial charge in [0.05, 0.1) is 11.5 Å². The molecule has 90 valence electrons. The van der Waals surface area contributed by atoms with Gasteiger partial charge in [-0.25, -0.2) is 8.42 Å². The molecule has 1 saturated heterocycles. The van der Waals surface area contributed by atoms with E-state index in [-0.39, 0.29) is 5.92 Å². The summed E-state index contributed by atoms with van der Waals surface area (Å²) < 4.78 is 22.5. The first kappa shape index (κ1) is 12.9. The Morgan fingerprint density at radius 3 is 2.53 bits per heavy atom. The van der Waals surface area contributed by atoms with Gasteiger partial charge in [-0.05, 0) is 24.8 Å². The summed E-state index contributed by atoms with van der Waals surface area (Å²) in [5.74, 6) is 1.47. The molecule has 15 heavy (non-hydrogen) atoms. The van der Waals surface area contributed by atoms with Crippen molar-refractivity contribution in [3.8, 4) is 0 Å². The minimum Gasteiger partial charge on any atom is -0.329 e. The van der Waals surface area contributed by atoms with Crippen LogP contribution in [0.2, 0.25) is 0 Å².